The summed E-state index contributed by atoms with van der Waals surface area (Å²) in [5.41, 5.74) is 2.92. The van der Waals surface area contributed by atoms with Crippen LogP contribution >= 0.6 is 0 Å². The van der Waals surface area contributed by atoms with Crippen molar-refractivity contribution in [3.63, 3.8) is 0 Å². The van der Waals surface area contributed by atoms with Crippen molar-refractivity contribution in [1.29, 1.82) is 0 Å². The van der Waals surface area contributed by atoms with Gasteiger partial charge < -0.3 is 19.5 Å². The molecule has 2 aromatic heterocycles. The van der Waals surface area contributed by atoms with Gasteiger partial charge in [-0.3, -0.25) is 4.90 Å². The highest BCUT2D eigenvalue weighted by Gasteiger charge is 2.23. The molecule has 2 aliphatic rings. The average molecular weight is 405 g/mol. The molecule has 0 spiro atoms. The fourth-order valence-electron chi connectivity index (χ4n) is 3.81. The second-order valence-electron chi connectivity index (χ2n) is 7.26. The molecule has 0 saturated carbocycles. The van der Waals surface area contributed by atoms with Gasteiger partial charge in [0.15, 0.2) is 17.3 Å². The summed E-state index contributed by atoms with van der Waals surface area (Å²) in [5.74, 6) is 0.918. The molecule has 1 amide bonds. The van der Waals surface area contributed by atoms with Crippen molar-refractivity contribution in [1.82, 2.24) is 14.8 Å². The van der Waals surface area contributed by atoms with Crippen molar-refractivity contribution < 1.29 is 19.4 Å². The van der Waals surface area contributed by atoms with E-state index in [0.29, 0.717) is 61.0 Å². The molecule has 0 radical (unpaired) electrons. The molecule has 0 bridgehead atoms. The fraction of sp³-hybridized carbons (Fsp3) is 0.238. The summed E-state index contributed by atoms with van der Waals surface area (Å²) in [6.07, 6.45) is 2.44. The standard InChI is InChI=1S/C21H19N5O4/c27-18-15-4-1-3-13(12-25-7-9-26(10-8-25)21(28)29)19(15)30-17(18)11-16-14-5-2-6-22-20(14)24-23-16/h1-6,11,27H,7-10,12H2,(H,28,29). The average Bonchev–Trinajstić information content (AvgIpc) is 3.31. The van der Waals surface area contributed by atoms with Crippen molar-refractivity contribution >= 4 is 34.7 Å². The zero-order valence-electron chi connectivity index (χ0n) is 16.0. The van der Waals surface area contributed by atoms with Crippen LogP contribution in [0, 0.1) is 0 Å². The van der Waals surface area contributed by atoms with Crippen LogP contribution in [0.5, 0.6) is 5.75 Å². The van der Waals surface area contributed by atoms with Crippen LogP contribution in [0.4, 0.5) is 10.6 Å². The summed E-state index contributed by atoms with van der Waals surface area (Å²) >= 11 is 0. The van der Waals surface area contributed by atoms with Gasteiger partial charge in [0.1, 0.15) is 11.3 Å². The summed E-state index contributed by atoms with van der Waals surface area (Å²) < 4.78 is 6.03. The molecule has 1 fully saturated rings. The minimum atomic E-state index is -0.883. The van der Waals surface area contributed by atoms with Crippen LogP contribution in [0.15, 0.2) is 51.2 Å². The maximum absolute atomic E-state index is 11.1. The number of piperazine rings is 1. The number of azo groups is 1. The van der Waals surface area contributed by atoms with Crippen molar-refractivity contribution in [2.45, 2.75) is 6.54 Å². The number of fused-ring (bicyclic) bond motifs is 2. The first-order chi connectivity index (χ1) is 14.6. The third kappa shape index (κ3) is 3.18. The molecule has 30 heavy (non-hydrogen) atoms. The van der Waals surface area contributed by atoms with Gasteiger partial charge in [-0.1, -0.05) is 12.1 Å². The lowest BCUT2D eigenvalue weighted by Gasteiger charge is -2.33. The number of hydrogen-bond acceptors (Lipinski definition) is 7. The molecule has 0 unspecified atom stereocenters. The van der Waals surface area contributed by atoms with E-state index in [2.05, 4.69) is 20.1 Å². The first-order valence-corrected chi connectivity index (χ1v) is 9.62. The van der Waals surface area contributed by atoms with Crippen LogP contribution in [-0.4, -0.2) is 57.3 Å². The zero-order chi connectivity index (χ0) is 20.7. The predicted molar refractivity (Wildman–Crippen MR) is 109 cm³/mol. The van der Waals surface area contributed by atoms with Gasteiger partial charge in [-0.15, -0.1) is 10.2 Å². The molecule has 152 valence electrons. The first kappa shape index (κ1) is 18.3. The molecule has 2 N–H and O–H groups in total. The summed E-state index contributed by atoms with van der Waals surface area (Å²) in [6.45, 7) is 2.86. The summed E-state index contributed by atoms with van der Waals surface area (Å²) in [7, 11) is 0. The predicted octanol–water partition coefficient (Wildman–Crippen LogP) is 3.92. The molecule has 4 heterocycles. The Bertz CT molecular complexity index is 1190. The number of carboxylic acid groups (broad SMARTS) is 1. The number of benzene rings is 1. The molecule has 5 rings (SSSR count). The largest absolute Gasteiger partial charge is 0.504 e. The number of amides is 1. The summed E-state index contributed by atoms with van der Waals surface area (Å²) in [5, 5.41) is 28.6. The van der Waals surface area contributed by atoms with E-state index >= 15 is 0 Å². The van der Waals surface area contributed by atoms with Gasteiger partial charge in [0.2, 0.25) is 0 Å². The van der Waals surface area contributed by atoms with E-state index in [1.54, 1.807) is 12.3 Å². The van der Waals surface area contributed by atoms with Gasteiger partial charge in [0.05, 0.1) is 5.39 Å². The molecule has 0 aliphatic carbocycles. The number of carbonyl (C=O) groups is 1. The van der Waals surface area contributed by atoms with Gasteiger partial charge >= 0.3 is 6.09 Å². The van der Waals surface area contributed by atoms with Gasteiger partial charge in [-0.2, -0.15) is 0 Å². The number of furan rings is 1. The number of aromatic hydroxyl groups is 1. The van der Waals surface area contributed by atoms with Crippen molar-refractivity contribution in [2.24, 2.45) is 10.2 Å². The van der Waals surface area contributed by atoms with Gasteiger partial charge in [-0.05, 0) is 18.2 Å². The van der Waals surface area contributed by atoms with Crippen LogP contribution in [0.25, 0.3) is 22.7 Å². The minimum absolute atomic E-state index is 0.0580. The second kappa shape index (κ2) is 7.27. The quantitative estimate of drug-likeness (QED) is 0.682. The van der Waals surface area contributed by atoms with Crippen LogP contribution in [-0.2, 0) is 6.54 Å². The molecular weight excluding hydrogens is 386 g/mol. The van der Waals surface area contributed by atoms with Crippen molar-refractivity contribution in [3.05, 3.63) is 53.4 Å². The molecule has 3 aromatic rings. The summed E-state index contributed by atoms with van der Waals surface area (Å²) in [4.78, 5) is 18.9. The van der Waals surface area contributed by atoms with Crippen LogP contribution in [0.2, 0.25) is 0 Å². The molecular formula is C21H19N5O4. The molecule has 0 atom stereocenters. The number of pyridine rings is 1. The van der Waals surface area contributed by atoms with Crippen LogP contribution in [0.1, 0.15) is 16.9 Å². The molecule has 9 heteroatoms. The Hall–Kier alpha value is -3.72. The SMILES string of the molecule is O=C(O)N1CCN(Cc2cccc3c(O)c(C=C4N=Nc5ncccc54)oc23)CC1. The Morgan fingerprint density at radius 3 is 2.77 bits per heavy atom. The normalized spacial score (nSPS) is 17.7. The number of rotatable bonds is 3. The zero-order valence-corrected chi connectivity index (χ0v) is 16.0. The monoisotopic (exact) mass is 405 g/mol. The second-order valence-corrected chi connectivity index (χ2v) is 7.26. The number of para-hydroxylation sites is 1. The van der Waals surface area contributed by atoms with E-state index < -0.39 is 6.09 Å². The first-order valence-electron chi connectivity index (χ1n) is 9.62. The lowest BCUT2D eigenvalue weighted by Crippen LogP contribution is -2.47. The highest BCUT2D eigenvalue weighted by molar-refractivity contribution is 5.94. The third-order valence-electron chi connectivity index (χ3n) is 5.42. The minimum Gasteiger partial charge on any atom is -0.504 e. The molecule has 2 aliphatic heterocycles. The van der Waals surface area contributed by atoms with Gasteiger partial charge in [0.25, 0.3) is 0 Å². The van der Waals surface area contributed by atoms with E-state index in [4.69, 9.17) is 9.52 Å². The highest BCUT2D eigenvalue weighted by atomic mass is 16.4. The summed E-state index contributed by atoms with van der Waals surface area (Å²) in [6, 6.07) is 9.33. The number of aromatic nitrogens is 1. The third-order valence-corrected chi connectivity index (χ3v) is 5.42. The van der Waals surface area contributed by atoms with Gasteiger partial charge in [-0.25, -0.2) is 9.78 Å². The Morgan fingerprint density at radius 1 is 1.13 bits per heavy atom. The lowest BCUT2D eigenvalue weighted by atomic mass is 10.1. The fourth-order valence-corrected chi connectivity index (χ4v) is 3.81. The molecule has 1 aromatic carbocycles. The number of hydrogen-bond donors (Lipinski definition) is 2. The Labute approximate surface area is 171 Å². The Morgan fingerprint density at radius 2 is 1.97 bits per heavy atom. The Kier molecular flexibility index (Phi) is 4.44. The van der Waals surface area contributed by atoms with Crippen LogP contribution < -0.4 is 0 Å². The lowest BCUT2D eigenvalue weighted by molar-refractivity contribution is 0.103. The van der Waals surface area contributed by atoms with Crippen molar-refractivity contribution in [2.75, 3.05) is 26.2 Å². The number of nitrogens with zero attached hydrogens (tertiary/aromatic N) is 5. The maximum Gasteiger partial charge on any atom is 0.407 e. The van der Waals surface area contributed by atoms with E-state index in [-0.39, 0.29) is 5.75 Å². The van der Waals surface area contributed by atoms with Crippen molar-refractivity contribution in [3.8, 4) is 5.75 Å². The van der Waals surface area contributed by atoms with Crippen LogP contribution in [0.3, 0.4) is 0 Å². The van der Waals surface area contributed by atoms with E-state index in [9.17, 15) is 9.90 Å². The molecule has 1 saturated heterocycles. The smallest absolute Gasteiger partial charge is 0.407 e. The highest BCUT2D eigenvalue weighted by Crippen LogP contribution is 2.39. The maximum atomic E-state index is 11.1. The van der Waals surface area contributed by atoms with E-state index in [0.717, 1.165) is 11.1 Å². The van der Waals surface area contributed by atoms with Gasteiger partial charge in [0, 0.05) is 56.1 Å². The van der Waals surface area contributed by atoms with E-state index in [1.165, 1.54) is 4.90 Å². The van der Waals surface area contributed by atoms with E-state index in [1.807, 2.05) is 30.3 Å². The topological polar surface area (TPSA) is 115 Å². The Balaban J connectivity index is 1.44. The molecule has 9 nitrogen and oxygen atoms in total.